The van der Waals surface area contributed by atoms with Crippen LogP contribution in [0.2, 0.25) is 0 Å². The van der Waals surface area contributed by atoms with Gasteiger partial charge >= 0.3 is 0 Å². The molecule has 0 aliphatic rings. The van der Waals surface area contributed by atoms with E-state index in [1.54, 1.807) is 24.3 Å². The molecule has 0 atom stereocenters. The van der Waals surface area contributed by atoms with E-state index in [4.69, 9.17) is 9.47 Å². The molecule has 0 aliphatic heterocycles. The maximum Gasteiger partial charge on any atom is 0.201 e. The van der Waals surface area contributed by atoms with Crippen LogP contribution in [0, 0.1) is 0 Å². The molecule has 122 valence electrons. The van der Waals surface area contributed by atoms with Gasteiger partial charge in [-0.05, 0) is 57.2 Å². The summed E-state index contributed by atoms with van der Waals surface area (Å²) in [7, 11) is 1.37. The first-order valence-corrected chi connectivity index (χ1v) is 7.15. The molecule has 0 amide bonds. The zero-order chi connectivity index (χ0) is 17.2. The first-order valence-electron chi connectivity index (χ1n) is 7.15. The SMILES string of the molecule is COc1ccc(C(=O)c2ccc(OC(C)(C)C)cc2)c(O)c1O. The summed E-state index contributed by atoms with van der Waals surface area (Å²) in [5, 5.41) is 19.8. The molecule has 0 bridgehead atoms. The average molecular weight is 316 g/mol. The number of benzene rings is 2. The average Bonchev–Trinajstić information content (AvgIpc) is 2.48. The lowest BCUT2D eigenvalue weighted by molar-refractivity contribution is 0.103. The van der Waals surface area contributed by atoms with Crippen LogP contribution in [-0.2, 0) is 0 Å². The van der Waals surface area contributed by atoms with Crippen LogP contribution in [0.25, 0.3) is 0 Å². The second kappa shape index (κ2) is 6.20. The Bertz CT molecular complexity index is 711. The van der Waals surface area contributed by atoms with Gasteiger partial charge in [0, 0.05) is 5.56 Å². The fourth-order valence-corrected chi connectivity index (χ4v) is 2.09. The summed E-state index contributed by atoms with van der Waals surface area (Å²) in [6.07, 6.45) is 0. The van der Waals surface area contributed by atoms with Gasteiger partial charge in [0.25, 0.3) is 0 Å². The smallest absolute Gasteiger partial charge is 0.201 e. The molecule has 0 fully saturated rings. The van der Waals surface area contributed by atoms with Crippen LogP contribution in [-0.4, -0.2) is 28.7 Å². The highest BCUT2D eigenvalue weighted by molar-refractivity contribution is 6.11. The highest BCUT2D eigenvalue weighted by atomic mass is 16.5. The number of hydrogen-bond donors (Lipinski definition) is 2. The molecule has 5 nitrogen and oxygen atoms in total. The number of ether oxygens (including phenoxy) is 2. The van der Waals surface area contributed by atoms with E-state index in [9.17, 15) is 15.0 Å². The quantitative estimate of drug-likeness (QED) is 0.667. The third-order valence-corrected chi connectivity index (χ3v) is 3.12. The topological polar surface area (TPSA) is 76.0 Å². The van der Waals surface area contributed by atoms with Gasteiger partial charge in [0.2, 0.25) is 5.75 Å². The molecule has 0 saturated heterocycles. The molecule has 0 spiro atoms. The number of phenols is 2. The molecule has 2 aromatic rings. The lowest BCUT2D eigenvalue weighted by Crippen LogP contribution is -2.22. The Morgan fingerprint density at radius 2 is 1.57 bits per heavy atom. The summed E-state index contributed by atoms with van der Waals surface area (Å²) in [6.45, 7) is 5.80. The number of rotatable bonds is 4. The van der Waals surface area contributed by atoms with Gasteiger partial charge in [-0.2, -0.15) is 0 Å². The third-order valence-electron chi connectivity index (χ3n) is 3.12. The van der Waals surface area contributed by atoms with Crippen molar-refractivity contribution in [2.45, 2.75) is 26.4 Å². The van der Waals surface area contributed by atoms with Crippen molar-refractivity contribution >= 4 is 5.78 Å². The van der Waals surface area contributed by atoms with Crippen molar-refractivity contribution in [3.05, 3.63) is 47.5 Å². The molecule has 2 aromatic carbocycles. The van der Waals surface area contributed by atoms with Gasteiger partial charge in [-0.3, -0.25) is 4.79 Å². The fraction of sp³-hybridized carbons (Fsp3) is 0.278. The second-order valence-electron chi connectivity index (χ2n) is 6.08. The van der Waals surface area contributed by atoms with Crippen LogP contribution >= 0.6 is 0 Å². The largest absolute Gasteiger partial charge is 0.504 e. The van der Waals surface area contributed by atoms with Crippen LogP contribution in [0.3, 0.4) is 0 Å². The van der Waals surface area contributed by atoms with Crippen molar-refractivity contribution in [2.24, 2.45) is 0 Å². The summed E-state index contributed by atoms with van der Waals surface area (Å²) >= 11 is 0. The maximum atomic E-state index is 12.5. The van der Waals surface area contributed by atoms with Crippen molar-refractivity contribution in [3.8, 4) is 23.0 Å². The van der Waals surface area contributed by atoms with Crippen molar-refractivity contribution in [3.63, 3.8) is 0 Å². The van der Waals surface area contributed by atoms with E-state index in [1.165, 1.54) is 19.2 Å². The molecule has 0 aromatic heterocycles. The number of carbonyl (C=O) groups excluding carboxylic acids is 1. The number of methoxy groups -OCH3 is 1. The first-order chi connectivity index (χ1) is 10.7. The third kappa shape index (κ3) is 3.74. The van der Waals surface area contributed by atoms with Crippen molar-refractivity contribution in [2.75, 3.05) is 7.11 Å². The van der Waals surface area contributed by atoms with E-state index in [0.29, 0.717) is 11.3 Å². The Morgan fingerprint density at radius 3 is 2.09 bits per heavy atom. The van der Waals surface area contributed by atoms with Crippen molar-refractivity contribution in [1.29, 1.82) is 0 Å². The molecule has 5 heteroatoms. The number of phenolic OH excluding ortho intramolecular Hbond substituents is 2. The van der Waals surface area contributed by atoms with E-state index in [2.05, 4.69) is 0 Å². The second-order valence-corrected chi connectivity index (χ2v) is 6.08. The van der Waals surface area contributed by atoms with Gasteiger partial charge in [-0.15, -0.1) is 0 Å². The standard InChI is InChI=1S/C18H20O5/c1-18(2,3)23-12-7-5-11(6-8-12)15(19)13-9-10-14(22-4)17(21)16(13)20/h5-10,20-21H,1-4H3. The normalized spacial score (nSPS) is 11.1. The highest BCUT2D eigenvalue weighted by Gasteiger charge is 2.19. The number of carbonyl (C=O) groups is 1. The molecule has 0 aliphatic carbocycles. The minimum atomic E-state index is -0.496. The van der Waals surface area contributed by atoms with Crippen molar-refractivity contribution < 1.29 is 24.5 Å². The van der Waals surface area contributed by atoms with Gasteiger partial charge in [-0.1, -0.05) is 0 Å². The molecule has 23 heavy (non-hydrogen) atoms. The van der Waals surface area contributed by atoms with Gasteiger partial charge in [0.15, 0.2) is 17.3 Å². The Labute approximate surface area is 135 Å². The number of hydrogen-bond acceptors (Lipinski definition) is 5. The Kier molecular flexibility index (Phi) is 4.50. The van der Waals surface area contributed by atoms with E-state index in [-0.39, 0.29) is 16.9 Å². The molecule has 0 heterocycles. The molecule has 2 N–H and O–H groups in total. The summed E-state index contributed by atoms with van der Waals surface area (Å²) in [4.78, 5) is 12.5. The summed E-state index contributed by atoms with van der Waals surface area (Å²) < 4.78 is 10.6. The van der Waals surface area contributed by atoms with Crippen LogP contribution in [0.5, 0.6) is 23.0 Å². The highest BCUT2D eigenvalue weighted by Crippen LogP contribution is 2.38. The van der Waals surface area contributed by atoms with E-state index < -0.39 is 17.3 Å². The minimum absolute atomic E-state index is 0.00721. The lowest BCUT2D eigenvalue weighted by Gasteiger charge is -2.21. The van der Waals surface area contributed by atoms with E-state index in [0.717, 1.165) is 0 Å². The Hall–Kier alpha value is -2.69. The van der Waals surface area contributed by atoms with Crippen LogP contribution in [0.1, 0.15) is 36.7 Å². The molecular formula is C18H20O5. The zero-order valence-corrected chi connectivity index (χ0v) is 13.6. The Morgan fingerprint density at radius 1 is 0.957 bits per heavy atom. The molecule has 0 unspecified atom stereocenters. The first kappa shape index (κ1) is 16.7. The van der Waals surface area contributed by atoms with E-state index in [1.807, 2.05) is 20.8 Å². The van der Waals surface area contributed by atoms with Crippen LogP contribution in [0.4, 0.5) is 0 Å². The van der Waals surface area contributed by atoms with Crippen LogP contribution in [0.15, 0.2) is 36.4 Å². The predicted octanol–water partition coefficient (Wildman–Crippen LogP) is 3.51. The summed E-state index contributed by atoms with van der Waals surface area (Å²) in [5.74, 6) is -0.595. The number of ketones is 1. The number of aromatic hydroxyl groups is 2. The Balaban J connectivity index is 2.29. The zero-order valence-electron chi connectivity index (χ0n) is 13.6. The molecule has 0 saturated carbocycles. The van der Waals surface area contributed by atoms with Gasteiger partial charge in [0.1, 0.15) is 11.4 Å². The summed E-state index contributed by atoms with van der Waals surface area (Å²) in [5.41, 5.74) is 0.0601. The fourth-order valence-electron chi connectivity index (χ4n) is 2.09. The molecule has 0 radical (unpaired) electrons. The van der Waals surface area contributed by atoms with Gasteiger partial charge in [0.05, 0.1) is 12.7 Å². The van der Waals surface area contributed by atoms with Crippen molar-refractivity contribution in [1.82, 2.24) is 0 Å². The maximum absolute atomic E-state index is 12.5. The summed E-state index contributed by atoms with van der Waals surface area (Å²) in [6, 6.07) is 9.46. The van der Waals surface area contributed by atoms with Gasteiger partial charge < -0.3 is 19.7 Å². The lowest BCUT2D eigenvalue weighted by atomic mass is 10.0. The van der Waals surface area contributed by atoms with Gasteiger partial charge in [-0.25, -0.2) is 0 Å². The molecular weight excluding hydrogens is 296 g/mol. The molecule has 2 rings (SSSR count). The monoisotopic (exact) mass is 316 g/mol. The van der Waals surface area contributed by atoms with Crippen LogP contribution < -0.4 is 9.47 Å². The predicted molar refractivity (Wildman–Crippen MR) is 86.6 cm³/mol. The minimum Gasteiger partial charge on any atom is -0.504 e. The van der Waals surface area contributed by atoms with E-state index >= 15 is 0 Å².